The maximum absolute atomic E-state index is 12.2. The van der Waals surface area contributed by atoms with Gasteiger partial charge in [0, 0.05) is 31.5 Å². The summed E-state index contributed by atoms with van der Waals surface area (Å²) in [7, 11) is 0. The van der Waals surface area contributed by atoms with Crippen molar-refractivity contribution in [1.29, 1.82) is 0 Å². The van der Waals surface area contributed by atoms with Gasteiger partial charge in [0.05, 0.1) is 5.41 Å². The number of anilines is 1. The van der Waals surface area contributed by atoms with E-state index in [1.165, 1.54) is 0 Å². The first-order chi connectivity index (χ1) is 9.92. The molecule has 7 heteroatoms. The number of aromatic nitrogens is 2. The SMILES string of the molecule is C[C@@]1(C(=O)NC2CCN(c3ncccn3)CC2)CC1(Cl)Cl. The van der Waals surface area contributed by atoms with Gasteiger partial charge >= 0.3 is 0 Å². The van der Waals surface area contributed by atoms with E-state index in [0.717, 1.165) is 31.9 Å². The van der Waals surface area contributed by atoms with Crippen molar-refractivity contribution < 1.29 is 4.79 Å². The van der Waals surface area contributed by atoms with E-state index in [-0.39, 0.29) is 11.9 Å². The van der Waals surface area contributed by atoms with Gasteiger partial charge in [0.15, 0.2) is 0 Å². The van der Waals surface area contributed by atoms with E-state index in [2.05, 4.69) is 20.2 Å². The zero-order valence-corrected chi connectivity index (χ0v) is 13.4. The first kappa shape index (κ1) is 14.9. The standard InChI is InChI=1S/C14H18Cl2N4O/c1-13(9-14(13,15)16)11(21)19-10-3-7-20(8-4-10)12-17-5-2-6-18-12/h2,5-6,10H,3-4,7-9H2,1H3,(H,19,21)/t13-/m0/s1. The molecule has 0 radical (unpaired) electrons. The lowest BCUT2D eigenvalue weighted by Gasteiger charge is -2.33. The summed E-state index contributed by atoms with van der Waals surface area (Å²) in [6.45, 7) is 3.48. The molecule has 3 rings (SSSR count). The fourth-order valence-corrected chi connectivity index (χ4v) is 3.38. The zero-order valence-electron chi connectivity index (χ0n) is 11.9. The Bertz CT molecular complexity index is 531. The molecule has 1 atom stereocenters. The van der Waals surface area contributed by atoms with Crippen molar-refractivity contribution in [2.45, 2.75) is 36.6 Å². The highest BCUT2D eigenvalue weighted by Crippen LogP contribution is 2.63. The van der Waals surface area contributed by atoms with Gasteiger partial charge in [-0.1, -0.05) is 0 Å². The van der Waals surface area contributed by atoms with Crippen LogP contribution < -0.4 is 10.2 Å². The average molecular weight is 329 g/mol. The third-order valence-electron chi connectivity index (χ3n) is 4.42. The van der Waals surface area contributed by atoms with E-state index in [0.29, 0.717) is 6.42 Å². The second-order valence-electron chi connectivity index (χ2n) is 6.00. The smallest absolute Gasteiger partial charge is 0.229 e. The Balaban J connectivity index is 1.52. The number of carbonyl (C=O) groups is 1. The molecule has 1 amide bonds. The van der Waals surface area contributed by atoms with Crippen molar-refractivity contribution in [3.8, 4) is 0 Å². The van der Waals surface area contributed by atoms with E-state index in [1.807, 2.05) is 6.92 Å². The molecule has 1 N–H and O–H groups in total. The number of alkyl halides is 2. The van der Waals surface area contributed by atoms with Crippen LogP contribution in [0.15, 0.2) is 18.5 Å². The van der Waals surface area contributed by atoms with E-state index >= 15 is 0 Å². The number of hydrogen-bond donors (Lipinski definition) is 1. The Morgan fingerprint density at radius 2 is 1.90 bits per heavy atom. The number of nitrogens with zero attached hydrogens (tertiary/aromatic N) is 3. The Morgan fingerprint density at radius 1 is 1.33 bits per heavy atom. The van der Waals surface area contributed by atoms with Crippen molar-refractivity contribution in [2.75, 3.05) is 18.0 Å². The summed E-state index contributed by atoms with van der Waals surface area (Å²) in [6.07, 6.45) is 5.75. The fraction of sp³-hybridized carbons (Fsp3) is 0.643. The van der Waals surface area contributed by atoms with Crippen LogP contribution in [0.2, 0.25) is 0 Å². The topological polar surface area (TPSA) is 58.1 Å². The van der Waals surface area contributed by atoms with Crippen molar-refractivity contribution in [1.82, 2.24) is 15.3 Å². The second-order valence-corrected chi connectivity index (χ2v) is 7.48. The molecule has 1 aromatic heterocycles. The third kappa shape index (κ3) is 2.81. The van der Waals surface area contributed by atoms with Gasteiger partial charge in [0.25, 0.3) is 0 Å². The molecular formula is C14H18Cl2N4O. The van der Waals surface area contributed by atoms with Crippen LogP contribution >= 0.6 is 23.2 Å². The highest BCUT2D eigenvalue weighted by Gasteiger charge is 2.68. The van der Waals surface area contributed by atoms with Crippen LogP contribution in [-0.4, -0.2) is 39.3 Å². The summed E-state index contributed by atoms with van der Waals surface area (Å²) in [5.41, 5.74) is -0.643. The van der Waals surface area contributed by atoms with Gasteiger partial charge in [-0.3, -0.25) is 4.79 Å². The molecule has 2 fully saturated rings. The van der Waals surface area contributed by atoms with Crippen LogP contribution in [0.1, 0.15) is 26.2 Å². The van der Waals surface area contributed by atoms with E-state index < -0.39 is 9.75 Å². The van der Waals surface area contributed by atoms with Crippen LogP contribution in [0.3, 0.4) is 0 Å². The van der Waals surface area contributed by atoms with Gasteiger partial charge in [0.1, 0.15) is 4.33 Å². The minimum atomic E-state index is -0.907. The van der Waals surface area contributed by atoms with Crippen LogP contribution in [-0.2, 0) is 4.79 Å². The summed E-state index contributed by atoms with van der Waals surface area (Å²) >= 11 is 12.1. The summed E-state index contributed by atoms with van der Waals surface area (Å²) in [5, 5.41) is 3.07. The van der Waals surface area contributed by atoms with Crippen molar-refractivity contribution in [2.24, 2.45) is 5.41 Å². The Morgan fingerprint density at radius 3 is 2.43 bits per heavy atom. The Hall–Kier alpha value is -1.07. The van der Waals surface area contributed by atoms with Crippen molar-refractivity contribution in [3.63, 3.8) is 0 Å². The first-order valence-electron chi connectivity index (χ1n) is 7.13. The molecule has 1 aliphatic heterocycles. The number of carbonyl (C=O) groups excluding carboxylic acids is 1. The first-order valence-corrected chi connectivity index (χ1v) is 7.89. The average Bonchev–Trinajstić information content (AvgIpc) is 3.01. The number of hydrogen-bond acceptors (Lipinski definition) is 4. The lowest BCUT2D eigenvalue weighted by atomic mass is 10.0. The molecule has 114 valence electrons. The monoisotopic (exact) mass is 328 g/mol. The summed E-state index contributed by atoms with van der Waals surface area (Å²) in [5.74, 6) is 0.707. The van der Waals surface area contributed by atoms with Crippen molar-refractivity contribution in [3.05, 3.63) is 18.5 Å². The fourth-order valence-electron chi connectivity index (χ4n) is 2.67. The molecule has 21 heavy (non-hydrogen) atoms. The van der Waals surface area contributed by atoms with Gasteiger partial charge in [-0.15, -0.1) is 23.2 Å². The summed E-state index contributed by atoms with van der Waals surface area (Å²) in [4.78, 5) is 22.9. The zero-order chi connectivity index (χ0) is 15.1. The normalized spacial score (nSPS) is 28.2. The maximum atomic E-state index is 12.2. The van der Waals surface area contributed by atoms with Gasteiger partial charge in [-0.25, -0.2) is 9.97 Å². The summed E-state index contributed by atoms with van der Waals surface area (Å²) in [6, 6.07) is 1.97. The van der Waals surface area contributed by atoms with Crippen LogP contribution in [0.25, 0.3) is 0 Å². The third-order valence-corrected chi connectivity index (χ3v) is 5.53. The lowest BCUT2D eigenvalue weighted by Crippen LogP contribution is -2.47. The lowest BCUT2D eigenvalue weighted by molar-refractivity contribution is -0.126. The molecule has 0 aromatic carbocycles. The van der Waals surface area contributed by atoms with Gasteiger partial charge in [-0.05, 0) is 32.3 Å². The number of amides is 1. The Kier molecular flexibility index (Phi) is 3.74. The van der Waals surface area contributed by atoms with Gasteiger partial charge < -0.3 is 10.2 Å². The number of nitrogens with one attached hydrogen (secondary N) is 1. The number of piperidine rings is 1. The van der Waals surface area contributed by atoms with Crippen LogP contribution in [0.4, 0.5) is 5.95 Å². The Labute approximate surface area is 134 Å². The number of halogens is 2. The van der Waals surface area contributed by atoms with Crippen LogP contribution in [0, 0.1) is 5.41 Å². The van der Waals surface area contributed by atoms with Crippen LogP contribution in [0.5, 0.6) is 0 Å². The van der Waals surface area contributed by atoms with E-state index in [1.54, 1.807) is 18.5 Å². The molecular weight excluding hydrogens is 311 g/mol. The molecule has 1 saturated carbocycles. The molecule has 1 aromatic rings. The van der Waals surface area contributed by atoms with Gasteiger partial charge in [-0.2, -0.15) is 0 Å². The predicted octanol–water partition coefficient (Wildman–Crippen LogP) is 2.15. The van der Waals surface area contributed by atoms with Gasteiger partial charge in [0.2, 0.25) is 11.9 Å². The van der Waals surface area contributed by atoms with Crippen molar-refractivity contribution >= 4 is 35.1 Å². The molecule has 2 heterocycles. The molecule has 1 saturated heterocycles. The molecule has 0 spiro atoms. The maximum Gasteiger partial charge on any atom is 0.229 e. The predicted molar refractivity (Wildman–Crippen MR) is 82.6 cm³/mol. The minimum absolute atomic E-state index is 0.0399. The molecule has 1 aliphatic carbocycles. The minimum Gasteiger partial charge on any atom is -0.353 e. The molecule has 0 unspecified atom stereocenters. The molecule has 5 nitrogen and oxygen atoms in total. The number of rotatable bonds is 3. The van der Waals surface area contributed by atoms with E-state index in [9.17, 15) is 4.79 Å². The van der Waals surface area contributed by atoms with E-state index in [4.69, 9.17) is 23.2 Å². The molecule has 2 aliphatic rings. The quantitative estimate of drug-likeness (QED) is 0.864. The summed E-state index contributed by atoms with van der Waals surface area (Å²) < 4.78 is -0.907. The molecule has 0 bridgehead atoms. The highest BCUT2D eigenvalue weighted by atomic mass is 35.5. The second kappa shape index (κ2) is 5.29. The highest BCUT2D eigenvalue weighted by molar-refractivity contribution is 6.53. The largest absolute Gasteiger partial charge is 0.353 e.